The standard InChI is InChI=1S/C15H29N3O4/c1-4-5-19-6-7-20-8-9-21-10-11-22-13-15-12-18(14(2)3)17-16-15/h12,14H,4-11,13H2,1-3H3. The fraction of sp³-hybridized carbons (Fsp3) is 0.867. The van der Waals surface area contributed by atoms with E-state index < -0.39 is 0 Å². The highest BCUT2D eigenvalue weighted by Crippen LogP contribution is 2.03. The summed E-state index contributed by atoms with van der Waals surface area (Å²) >= 11 is 0. The second-order valence-corrected chi connectivity index (χ2v) is 5.17. The van der Waals surface area contributed by atoms with Gasteiger partial charge in [-0.2, -0.15) is 0 Å². The van der Waals surface area contributed by atoms with Crippen molar-refractivity contribution in [2.24, 2.45) is 0 Å². The summed E-state index contributed by atoms with van der Waals surface area (Å²) in [4.78, 5) is 0. The van der Waals surface area contributed by atoms with E-state index in [4.69, 9.17) is 18.9 Å². The van der Waals surface area contributed by atoms with Crippen LogP contribution >= 0.6 is 0 Å². The van der Waals surface area contributed by atoms with E-state index in [1.807, 2.05) is 10.9 Å². The zero-order chi connectivity index (χ0) is 16.0. The van der Waals surface area contributed by atoms with Crippen molar-refractivity contribution in [3.63, 3.8) is 0 Å². The normalized spacial score (nSPS) is 11.5. The van der Waals surface area contributed by atoms with Gasteiger partial charge in [0, 0.05) is 12.6 Å². The van der Waals surface area contributed by atoms with Crippen LogP contribution in [0, 0.1) is 0 Å². The number of hydrogen-bond donors (Lipinski definition) is 0. The summed E-state index contributed by atoms with van der Waals surface area (Å²) in [6.45, 7) is 11.0. The van der Waals surface area contributed by atoms with E-state index in [-0.39, 0.29) is 0 Å². The Balaban J connectivity index is 1.85. The third-order valence-electron chi connectivity index (χ3n) is 2.80. The van der Waals surface area contributed by atoms with Crippen LogP contribution in [0.3, 0.4) is 0 Å². The van der Waals surface area contributed by atoms with E-state index in [1.54, 1.807) is 0 Å². The van der Waals surface area contributed by atoms with E-state index in [0.29, 0.717) is 52.3 Å². The van der Waals surface area contributed by atoms with Crippen LogP contribution < -0.4 is 0 Å². The first-order valence-electron chi connectivity index (χ1n) is 7.95. The van der Waals surface area contributed by atoms with Gasteiger partial charge >= 0.3 is 0 Å². The molecular weight excluding hydrogens is 286 g/mol. The second-order valence-electron chi connectivity index (χ2n) is 5.17. The fourth-order valence-corrected chi connectivity index (χ4v) is 1.61. The lowest BCUT2D eigenvalue weighted by atomic mass is 10.4. The lowest BCUT2D eigenvalue weighted by Crippen LogP contribution is -2.12. The summed E-state index contributed by atoms with van der Waals surface area (Å²) in [5.74, 6) is 0. The summed E-state index contributed by atoms with van der Waals surface area (Å²) in [6.07, 6.45) is 2.94. The highest BCUT2D eigenvalue weighted by atomic mass is 16.6. The van der Waals surface area contributed by atoms with Crippen molar-refractivity contribution in [1.82, 2.24) is 15.0 Å². The number of rotatable bonds is 14. The summed E-state index contributed by atoms with van der Waals surface area (Å²) in [5.41, 5.74) is 0.837. The Morgan fingerprint density at radius 2 is 1.45 bits per heavy atom. The lowest BCUT2D eigenvalue weighted by molar-refractivity contribution is -0.00435. The van der Waals surface area contributed by atoms with Crippen LogP contribution in [0.2, 0.25) is 0 Å². The lowest BCUT2D eigenvalue weighted by Gasteiger charge is -2.06. The summed E-state index contributed by atoms with van der Waals surface area (Å²) in [5, 5.41) is 8.06. The van der Waals surface area contributed by atoms with Crippen LogP contribution in [0.5, 0.6) is 0 Å². The van der Waals surface area contributed by atoms with Crippen molar-refractivity contribution in [3.8, 4) is 0 Å². The molecule has 0 aliphatic carbocycles. The van der Waals surface area contributed by atoms with Gasteiger partial charge in [0.15, 0.2) is 0 Å². The molecule has 7 heteroatoms. The third-order valence-corrected chi connectivity index (χ3v) is 2.80. The molecule has 1 aromatic heterocycles. The van der Waals surface area contributed by atoms with Gasteiger partial charge in [-0.3, -0.25) is 0 Å². The Morgan fingerprint density at radius 3 is 1.95 bits per heavy atom. The monoisotopic (exact) mass is 315 g/mol. The maximum absolute atomic E-state index is 5.48. The molecule has 0 fully saturated rings. The molecule has 0 saturated heterocycles. The molecule has 128 valence electrons. The van der Waals surface area contributed by atoms with E-state index in [1.165, 1.54) is 0 Å². The molecule has 0 spiro atoms. The van der Waals surface area contributed by atoms with Gasteiger partial charge in [-0.05, 0) is 20.3 Å². The van der Waals surface area contributed by atoms with Crippen LogP contribution in [0.15, 0.2) is 6.20 Å². The topological polar surface area (TPSA) is 67.6 Å². The Hall–Kier alpha value is -1.02. The van der Waals surface area contributed by atoms with Crippen molar-refractivity contribution in [2.75, 3.05) is 46.2 Å². The molecule has 0 saturated carbocycles. The van der Waals surface area contributed by atoms with E-state index >= 15 is 0 Å². The highest BCUT2D eigenvalue weighted by Gasteiger charge is 2.03. The number of hydrogen-bond acceptors (Lipinski definition) is 6. The first-order valence-corrected chi connectivity index (χ1v) is 7.95. The van der Waals surface area contributed by atoms with Crippen molar-refractivity contribution in [1.29, 1.82) is 0 Å². The maximum Gasteiger partial charge on any atom is 0.108 e. The molecule has 0 unspecified atom stereocenters. The van der Waals surface area contributed by atoms with Gasteiger partial charge in [0.25, 0.3) is 0 Å². The molecule has 1 rings (SSSR count). The molecule has 0 aliphatic heterocycles. The molecule has 0 atom stereocenters. The molecule has 0 aliphatic rings. The van der Waals surface area contributed by atoms with Crippen molar-refractivity contribution in [3.05, 3.63) is 11.9 Å². The number of ether oxygens (including phenoxy) is 4. The minimum atomic E-state index is 0.317. The van der Waals surface area contributed by atoms with Gasteiger partial charge in [-0.15, -0.1) is 5.10 Å². The minimum absolute atomic E-state index is 0.317. The Morgan fingerprint density at radius 1 is 0.909 bits per heavy atom. The van der Waals surface area contributed by atoms with E-state index in [0.717, 1.165) is 18.7 Å². The third kappa shape index (κ3) is 9.09. The quantitative estimate of drug-likeness (QED) is 0.488. The first-order chi connectivity index (χ1) is 10.7. The molecule has 0 amide bonds. The molecule has 0 aromatic carbocycles. The SMILES string of the molecule is CCCOCCOCCOCCOCc1cn(C(C)C)nn1. The van der Waals surface area contributed by atoms with Gasteiger partial charge in [0.1, 0.15) is 5.69 Å². The summed E-state index contributed by atoms with van der Waals surface area (Å²) < 4.78 is 23.4. The summed E-state index contributed by atoms with van der Waals surface area (Å²) in [6, 6.07) is 0.317. The van der Waals surface area contributed by atoms with Gasteiger partial charge < -0.3 is 18.9 Å². The van der Waals surface area contributed by atoms with Crippen LogP contribution in [-0.2, 0) is 25.6 Å². The zero-order valence-electron chi connectivity index (χ0n) is 14.0. The van der Waals surface area contributed by atoms with Gasteiger partial charge in [0.05, 0.1) is 52.4 Å². The zero-order valence-corrected chi connectivity index (χ0v) is 14.0. The van der Waals surface area contributed by atoms with Crippen LogP contribution in [0.4, 0.5) is 0 Å². The average molecular weight is 315 g/mol. The molecule has 0 bridgehead atoms. The molecule has 22 heavy (non-hydrogen) atoms. The van der Waals surface area contributed by atoms with E-state index in [9.17, 15) is 0 Å². The molecular formula is C15H29N3O4. The Labute approximate surface area is 132 Å². The molecule has 7 nitrogen and oxygen atoms in total. The van der Waals surface area contributed by atoms with Gasteiger partial charge in [0.2, 0.25) is 0 Å². The predicted molar refractivity (Wildman–Crippen MR) is 82.8 cm³/mol. The minimum Gasteiger partial charge on any atom is -0.379 e. The van der Waals surface area contributed by atoms with Crippen molar-refractivity contribution in [2.45, 2.75) is 39.8 Å². The number of aromatic nitrogens is 3. The predicted octanol–water partition coefficient (Wildman–Crippen LogP) is 1.84. The smallest absolute Gasteiger partial charge is 0.108 e. The molecule has 0 radical (unpaired) electrons. The number of nitrogens with zero attached hydrogens (tertiary/aromatic N) is 3. The fourth-order valence-electron chi connectivity index (χ4n) is 1.61. The summed E-state index contributed by atoms with van der Waals surface area (Å²) in [7, 11) is 0. The molecule has 1 aromatic rings. The molecule has 0 N–H and O–H groups in total. The Bertz CT molecular complexity index is 371. The van der Waals surface area contributed by atoms with Gasteiger partial charge in [-0.1, -0.05) is 12.1 Å². The maximum atomic E-state index is 5.48. The largest absolute Gasteiger partial charge is 0.379 e. The average Bonchev–Trinajstić information content (AvgIpc) is 2.97. The van der Waals surface area contributed by atoms with Crippen LogP contribution in [-0.4, -0.2) is 61.2 Å². The van der Waals surface area contributed by atoms with E-state index in [2.05, 4.69) is 31.1 Å². The van der Waals surface area contributed by atoms with Crippen LogP contribution in [0.1, 0.15) is 38.9 Å². The van der Waals surface area contributed by atoms with Crippen molar-refractivity contribution >= 4 is 0 Å². The Kier molecular flexibility index (Phi) is 10.8. The second kappa shape index (κ2) is 12.5. The first kappa shape index (κ1) is 19.0. The van der Waals surface area contributed by atoms with Crippen LogP contribution in [0.25, 0.3) is 0 Å². The van der Waals surface area contributed by atoms with Gasteiger partial charge in [-0.25, -0.2) is 4.68 Å². The van der Waals surface area contributed by atoms with Crippen molar-refractivity contribution < 1.29 is 18.9 Å². The highest BCUT2D eigenvalue weighted by molar-refractivity contribution is 4.90. The molecule has 1 heterocycles.